The molecule has 3 aromatic rings. The lowest BCUT2D eigenvalue weighted by atomic mass is 10.2. The quantitative estimate of drug-likeness (QED) is 0.404. The number of pyridine rings is 1. The summed E-state index contributed by atoms with van der Waals surface area (Å²) in [7, 11) is 0. The van der Waals surface area contributed by atoms with Crippen LogP contribution < -0.4 is 16.0 Å². The summed E-state index contributed by atoms with van der Waals surface area (Å²) >= 11 is 0. The van der Waals surface area contributed by atoms with E-state index in [1.54, 1.807) is 12.3 Å². The van der Waals surface area contributed by atoms with E-state index in [2.05, 4.69) is 30.9 Å². The van der Waals surface area contributed by atoms with E-state index in [1.165, 1.54) is 6.08 Å². The van der Waals surface area contributed by atoms with Gasteiger partial charge in [-0.1, -0.05) is 30.3 Å². The Balaban J connectivity index is 1.48. The summed E-state index contributed by atoms with van der Waals surface area (Å²) in [6.45, 7) is 4.86. The molecule has 0 aliphatic heterocycles. The van der Waals surface area contributed by atoms with Crippen molar-refractivity contribution < 1.29 is 4.79 Å². The van der Waals surface area contributed by atoms with Crippen molar-refractivity contribution in [2.45, 2.75) is 13.8 Å². The summed E-state index contributed by atoms with van der Waals surface area (Å²) in [5.41, 5.74) is 2.10. The first-order chi connectivity index (χ1) is 14.1. The summed E-state index contributed by atoms with van der Waals surface area (Å²) < 4.78 is 0. The fourth-order valence-corrected chi connectivity index (χ4v) is 2.63. The molecule has 0 saturated heterocycles. The lowest BCUT2D eigenvalue weighted by Crippen LogP contribution is -2.27. The Hall–Kier alpha value is -3.74. The Morgan fingerprint density at radius 1 is 0.966 bits per heavy atom. The first-order valence-corrected chi connectivity index (χ1v) is 9.39. The second-order valence-electron chi connectivity index (χ2n) is 6.49. The molecule has 3 N–H and O–H groups in total. The molecule has 3 rings (SSSR count). The molecule has 2 aromatic heterocycles. The zero-order valence-electron chi connectivity index (χ0n) is 16.5. The van der Waals surface area contributed by atoms with Crippen LogP contribution in [0.25, 0.3) is 6.08 Å². The maximum Gasteiger partial charge on any atom is 0.244 e. The summed E-state index contributed by atoms with van der Waals surface area (Å²) in [4.78, 5) is 24.9. The van der Waals surface area contributed by atoms with Crippen molar-refractivity contribution in [3.63, 3.8) is 0 Å². The number of carbonyl (C=O) groups is 1. The molecule has 0 saturated carbocycles. The number of amides is 1. The topological polar surface area (TPSA) is 91.8 Å². The maximum atomic E-state index is 11.9. The number of hydrogen-bond acceptors (Lipinski definition) is 6. The predicted octanol–water partition coefficient (Wildman–Crippen LogP) is 3.47. The predicted molar refractivity (Wildman–Crippen MR) is 116 cm³/mol. The van der Waals surface area contributed by atoms with Gasteiger partial charge in [0.15, 0.2) is 0 Å². The van der Waals surface area contributed by atoms with Gasteiger partial charge in [-0.2, -0.15) is 0 Å². The summed E-state index contributed by atoms with van der Waals surface area (Å²) in [5, 5.41) is 9.23. The molecule has 1 amide bonds. The number of nitrogens with one attached hydrogen (secondary N) is 3. The highest BCUT2D eigenvalue weighted by atomic mass is 16.1. The van der Waals surface area contributed by atoms with E-state index in [0.717, 1.165) is 16.9 Å². The largest absolute Gasteiger partial charge is 0.368 e. The van der Waals surface area contributed by atoms with Crippen molar-refractivity contribution in [2.24, 2.45) is 0 Å². The van der Waals surface area contributed by atoms with Gasteiger partial charge in [-0.05, 0) is 43.2 Å². The number of aryl methyl sites for hydroxylation is 2. The van der Waals surface area contributed by atoms with Crippen molar-refractivity contribution >= 4 is 29.4 Å². The molecule has 1 aromatic carbocycles. The molecule has 7 nitrogen and oxygen atoms in total. The van der Waals surface area contributed by atoms with Crippen molar-refractivity contribution in [2.75, 3.05) is 23.7 Å². The van der Waals surface area contributed by atoms with Crippen molar-refractivity contribution in [3.05, 3.63) is 77.8 Å². The van der Waals surface area contributed by atoms with E-state index in [1.807, 2.05) is 62.4 Å². The van der Waals surface area contributed by atoms with E-state index < -0.39 is 0 Å². The van der Waals surface area contributed by atoms with Gasteiger partial charge in [0.2, 0.25) is 5.91 Å². The Bertz CT molecular complexity index is 988. The number of aromatic nitrogens is 3. The number of nitrogens with zero attached hydrogens (tertiary/aromatic N) is 3. The third kappa shape index (κ3) is 6.73. The van der Waals surface area contributed by atoms with Crippen LogP contribution >= 0.6 is 0 Å². The molecule has 148 valence electrons. The number of hydrogen-bond donors (Lipinski definition) is 3. The highest BCUT2D eigenvalue weighted by Crippen LogP contribution is 2.16. The molecular formula is C22H24N6O. The lowest BCUT2D eigenvalue weighted by molar-refractivity contribution is -0.116. The van der Waals surface area contributed by atoms with E-state index in [9.17, 15) is 4.79 Å². The number of carbonyl (C=O) groups excluding carboxylic acids is 1. The summed E-state index contributed by atoms with van der Waals surface area (Å²) in [5.74, 6) is 2.57. The molecule has 0 radical (unpaired) electrons. The number of benzene rings is 1. The van der Waals surface area contributed by atoms with Crippen LogP contribution in [-0.4, -0.2) is 33.9 Å². The van der Waals surface area contributed by atoms with Gasteiger partial charge in [-0.25, -0.2) is 15.0 Å². The average Bonchev–Trinajstić information content (AvgIpc) is 2.70. The van der Waals surface area contributed by atoms with Crippen LogP contribution in [0.5, 0.6) is 0 Å². The van der Waals surface area contributed by atoms with Gasteiger partial charge in [0.05, 0.1) is 0 Å². The van der Waals surface area contributed by atoms with Crippen LogP contribution in [0.3, 0.4) is 0 Å². The first kappa shape index (κ1) is 20.0. The normalized spacial score (nSPS) is 10.7. The van der Waals surface area contributed by atoms with Crippen LogP contribution in [0.2, 0.25) is 0 Å². The number of anilines is 3. The van der Waals surface area contributed by atoms with Crippen LogP contribution in [0, 0.1) is 13.8 Å². The molecular weight excluding hydrogens is 364 g/mol. The van der Waals surface area contributed by atoms with Crippen molar-refractivity contribution in [1.29, 1.82) is 0 Å². The smallest absolute Gasteiger partial charge is 0.244 e. The Kier molecular flexibility index (Phi) is 6.89. The lowest BCUT2D eigenvalue weighted by Gasteiger charge is -2.10. The molecule has 29 heavy (non-hydrogen) atoms. The fraction of sp³-hybridized carbons (Fsp3) is 0.182. The zero-order valence-corrected chi connectivity index (χ0v) is 16.5. The number of rotatable bonds is 8. The van der Waals surface area contributed by atoms with Gasteiger partial charge in [0.1, 0.15) is 23.3 Å². The highest BCUT2D eigenvalue weighted by molar-refractivity contribution is 5.91. The van der Waals surface area contributed by atoms with Gasteiger partial charge in [0.25, 0.3) is 0 Å². The first-order valence-electron chi connectivity index (χ1n) is 9.39. The SMILES string of the molecule is Cc1ccnc(Nc2cc(NCCNC(=O)/C=C/c3ccccc3)nc(C)n2)c1. The molecule has 0 spiro atoms. The van der Waals surface area contributed by atoms with Gasteiger partial charge in [-0.15, -0.1) is 0 Å². The van der Waals surface area contributed by atoms with Crippen LogP contribution in [0.15, 0.2) is 60.8 Å². The van der Waals surface area contributed by atoms with E-state index in [4.69, 9.17) is 0 Å². The standard InChI is InChI=1S/C22H24N6O/c1-16-10-11-23-19(14-16)28-21-15-20(26-17(2)27-21)24-12-13-25-22(29)9-8-18-6-4-3-5-7-18/h3-11,14-15H,12-13H2,1-2H3,(H,25,29)(H2,23,24,26,27,28)/b9-8+. The van der Waals surface area contributed by atoms with Crippen LogP contribution in [0.1, 0.15) is 17.0 Å². The third-order valence-electron chi connectivity index (χ3n) is 3.97. The minimum atomic E-state index is -0.137. The average molecular weight is 388 g/mol. The van der Waals surface area contributed by atoms with Crippen molar-refractivity contribution in [1.82, 2.24) is 20.3 Å². The molecule has 0 fully saturated rings. The van der Waals surface area contributed by atoms with Gasteiger partial charge in [-0.3, -0.25) is 4.79 Å². The molecule has 0 atom stereocenters. The van der Waals surface area contributed by atoms with Crippen LogP contribution in [0.4, 0.5) is 17.5 Å². The molecule has 0 aliphatic carbocycles. The highest BCUT2D eigenvalue weighted by Gasteiger charge is 2.04. The molecule has 0 aliphatic rings. The Morgan fingerprint density at radius 2 is 1.76 bits per heavy atom. The van der Waals surface area contributed by atoms with Gasteiger partial charge >= 0.3 is 0 Å². The second kappa shape index (κ2) is 9.98. The van der Waals surface area contributed by atoms with E-state index >= 15 is 0 Å². The van der Waals surface area contributed by atoms with Gasteiger partial charge < -0.3 is 16.0 Å². The Morgan fingerprint density at radius 3 is 2.55 bits per heavy atom. The minimum absolute atomic E-state index is 0.137. The summed E-state index contributed by atoms with van der Waals surface area (Å²) in [6.07, 6.45) is 5.06. The van der Waals surface area contributed by atoms with E-state index in [0.29, 0.717) is 30.5 Å². The fourth-order valence-electron chi connectivity index (χ4n) is 2.63. The maximum absolute atomic E-state index is 11.9. The van der Waals surface area contributed by atoms with Crippen LogP contribution in [-0.2, 0) is 4.79 Å². The van der Waals surface area contributed by atoms with Crippen molar-refractivity contribution in [3.8, 4) is 0 Å². The summed E-state index contributed by atoms with van der Waals surface area (Å²) in [6, 6.07) is 15.4. The molecule has 0 unspecified atom stereocenters. The monoisotopic (exact) mass is 388 g/mol. The second-order valence-corrected chi connectivity index (χ2v) is 6.49. The molecule has 7 heteroatoms. The zero-order chi connectivity index (χ0) is 20.5. The van der Waals surface area contributed by atoms with E-state index in [-0.39, 0.29) is 5.91 Å². The van der Waals surface area contributed by atoms with Gasteiger partial charge in [0, 0.05) is 31.4 Å². The minimum Gasteiger partial charge on any atom is -0.368 e. The molecule has 0 bridgehead atoms. The third-order valence-corrected chi connectivity index (χ3v) is 3.97. The molecule has 2 heterocycles. The Labute approximate surface area is 170 Å².